The molecule has 1 saturated heterocycles. The van der Waals surface area contributed by atoms with Gasteiger partial charge in [0.2, 0.25) is 0 Å². The van der Waals surface area contributed by atoms with E-state index in [1.807, 2.05) is 11.9 Å². The number of nitrogens with one attached hydrogen (secondary N) is 1. The molecule has 1 amide bonds. The highest BCUT2D eigenvalue weighted by atomic mass is 19.4. The molecule has 0 bridgehead atoms. The number of halogens is 3. The molecule has 1 aliphatic heterocycles. The number of piperazine rings is 1. The fourth-order valence-electron chi connectivity index (χ4n) is 2.05. The molecule has 116 valence electrons. The standard InChI is InChI=1S/C12H15F3N4O2/c1-18-2-4-19(5-3-18)10-7-8(12(13,14)15)6-9(16-10)17-11(20)21/h6-7H,2-5H2,1H3,(H,16,17)(H,20,21)/p-1. The van der Waals surface area contributed by atoms with Gasteiger partial charge in [-0.05, 0) is 19.2 Å². The minimum atomic E-state index is -4.58. The van der Waals surface area contributed by atoms with Gasteiger partial charge in [-0.1, -0.05) is 0 Å². The Balaban J connectivity index is 2.33. The van der Waals surface area contributed by atoms with Crippen molar-refractivity contribution in [3.05, 3.63) is 17.7 Å². The van der Waals surface area contributed by atoms with E-state index in [0.717, 1.165) is 6.07 Å². The number of hydrogen-bond donors (Lipinski definition) is 1. The van der Waals surface area contributed by atoms with Crippen molar-refractivity contribution in [2.45, 2.75) is 6.18 Å². The van der Waals surface area contributed by atoms with Crippen molar-refractivity contribution < 1.29 is 23.1 Å². The van der Waals surface area contributed by atoms with Crippen LogP contribution in [0.5, 0.6) is 0 Å². The van der Waals surface area contributed by atoms with E-state index >= 15 is 0 Å². The molecule has 1 fully saturated rings. The minimum absolute atomic E-state index is 0.0988. The van der Waals surface area contributed by atoms with Gasteiger partial charge in [-0.2, -0.15) is 13.2 Å². The van der Waals surface area contributed by atoms with Crippen molar-refractivity contribution in [2.24, 2.45) is 0 Å². The van der Waals surface area contributed by atoms with Gasteiger partial charge in [-0.25, -0.2) is 4.98 Å². The molecule has 0 aliphatic carbocycles. The van der Waals surface area contributed by atoms with E-state index in [1.54, 1.807) is 10.2 Å². The first kappa shape index (κ1) is 15.4. The van der Waals surface area contributed by atoms with Crippen LogP contribution < -0.4 is 15.3 Å². The van der Waals surface area contributed by atoms with Crippen LogP contribution in [0.2, 0.25) is 0 Å². The molecule has 0 unspecified atom stereocenters. The predicted octanol–water partition coefficient (Wildman–Crippen LogP) is 0.607. The van der Waals surface area contributed by atoms with Gasteiger partial charge < -0.3 is 25.0 Å². The van der Waals surface area contributed by atoms with E-state index in [0.29, 0.717) is 32.2 Å². The summed E-state index contributed by atoms with van der Waals surface area (Å²) in [6.07, 6.45) is -6.28. The molecule has 6 nitrogen and oxygen atoms in total. The van der Waals surface area contributed by atoms with E-state index in [-0.39, 0.29) is 5.82 Å². The van der Waals surface area contributed by atoms with Gasteiger partial charge >= 0.3 is 6.18 Å². The third kappa shape index (κ3) is 3.97. The van der Waals surface area contributed by atoms with E-state index in [9.17, 15) is 23.1 Å². The number of alkyl halides is 3. The van der Waals surface area contributed by atoms with Crippen molar-refractivity contribution in [3.63, 3.8) is 0 Å². The molecule has 0 radical (unpaired) electrons. The van der Waals surface area contributed by atoms with Crippen LogP contribution in [0.15, 0.2) is 12.1 Å². The Hall–Kier alpha value is -2.03. The first-order valence-electron chi connectivity index (χ1n) is 6.26. The fraction of sp³-hybridized carbons (Fsp3) is 0.500. The molecule has 0 saturated carbocycles. The maximum atomic E-state index is 12.9. The van der Waals surface area contributed by atoms with Crippen LogP contribution in [-0.4, -0.2) is 49.2 Å². The molecule has 1 aromatic rings. The van der Waals surface area contributed by atoms with E-state index < -0.39 is 23.7 Å². The summed E-state index contributed by atoms with van der Waals surface area (Å²) in [5.74, 6) is -0.291. The summed E-state index contributed by atoms with van der Waals surface area (Å²) in [4.78, 5) is 18.1. The Morgan fingerprint density at radius 3 is 2.43 bits per heavy atom. The summed E-state index contributed by atoms with van der Waals surface area (Å²) in [7, 11) is 1.92. The summed E-state index contributed by atoms with van der Waals surface area (Å²) < 4.78 is 38.6. The zero-order valence-electron chi connectivity index (χ0n) is 11.3. The van der Waals surface area contributed by atoms with Crippen LogP contribution in [0, 0.1) is 0 Å². The number of nitrogens with zero attached hydrogens (tertiary/aromatic N) is 3. The monoisotopic (exact) mass is 303 g/mol. The molecule has 0 aromatic carbocycles. The highest BCUT2D eigenvalue weighted by Gasteiger charge is 2.32. The molecule has 1 aliphatic rings. The number of carbonyl (C=O) groups is 1. The van der Waals surface area contributed by atoms with Crippen LogP contribution in [0.25, 0.3) is 0 Å². The van der Waals surface area contributed by atoms with Crippen molar-refractivity contribution in [3.8, 4) is 0 Å². The van der Waals surface area contributed by atoms with Crippen LogP contribution in [0.3, 0.4) is 0 Å². The third-order valence-electron chi connectivity index (χ3n) is 3.20. The first-order valence-corrected chi connectivity index (χ1v) is 6.26. The zero-order valence-corrected chi connectivity index (χ0v) is 11.3. The second kappa shape index (κ2) is 5.76. The number of likely N-dealkylation sites (N-methyl/N-ethyl adjacent to an activating group) is 1. The average molecular weight is 303 g/mol. The van der Waals surface area contributed by atoms with Crippen LogP contribution in [-0.2, 0) is 6.18 Å². The smallest absolute Gasteiger partial charge is 0.416 e. The molecule has 2 rings (SSSR count). The van der Waals surface area contributed by atoms with Gasteiger partial charge in [-0.15, -0.1) is 0 Å². The molecule has 21 heavy (non-hydrogen) atoms. The van der Waals surface area contributed by atoms with Crippen LogP contribution in [0.4, 0.5) is 29.6 Å². The molecule has 0 spiro atoms. The van der Waals surface area contributed by atoms with Gasteiger partial charge in [0, 0.05) is 26.2 Å². The van der Waals surface area contributed by atoms with Crippen molar-refractivity contribution in [2.75, 3.05) is 43.4 Å². The number of pyridine rings is 1. The number of rotatable bonds is 2. The molecule has 1 aromatic heterocycles. The zero-order chi connectivity index (χ0) is 15.6. The van der Waals surface area contributed by atoms with Gasteiger partial charge in [0.15, 0.2) is 0 Å². The number of carbonyl (C=O) groups excluding carboxylic acids is 1. The largest absolute Gasteiger partial charge is 0.530 e. The normalized spacial score (nSPS) is 16.9. The van der Waals surface area contributed by atoms with Crippen molar-refractivity contribution in [1.82, 2.24) is 9.88 Å². The van der Waals surface area contributed by atoms with Crippen LogP contribution in [0.1, 0.15) is 5.56 Å². The number of amides is 1. The number of hydrogen-bond acceptors (Lipinski definition) is 5. The summed E-state index contributed by atoms with van der Waals surface area (Å²) in [6, 6.07) is 1.57. The fourth-order valence-corrected chi connectivity index (χ4v) is 2.05. The molecule has 2 heterocycles. The third-order valence-corrected chi connectivity index (χ3v) is 3.20. The van der Waals surface area contributed by atoms with Gasteiger partial charge in [0.1, 0.15) is 17.7 Å². The Bertz CT molecular complexity index is 528. The molecular weight excluding hydrogens is 289 g/mol. The van der Waals surface area contributed by atoms with Gasteiger partial charge in [0.25, 0.3) is 0 Å². The highest BCUT2D eigenvalue weighted by molar-refractivity contribution is 5.80. The first-order chi connectivity index (χ1) is 9.75. The molecule has 0 atom stereocenters. The summed E-state index contributed by atoms with van der Waals surface area (Å²) in [5, 5.41) is 12.3. The number of carboxylic acid groups (broad SMARTS) is 1. The summed E-state index contributed by atoms with van der Waals surface area (Å²) in [6.45, 7) is 2.44. The SMILES string of the molecule is CN1CCN(c2cc(C(F)(F)F)cc(NC(=O)[O-])n2)CC1. The maximum Gasteiger partial charge on any atom is 0.416 e. The average Bonchev–Trinajstić information content (AvgIpc) is 2.37. The second-order valence-corrected chi connectivity index (χ2v) is 4.80. The maximum absolute atomic E-state index is 12.9. The summed E-state index contributed by atoms with van der Waals surface area (Å²) >= 11 is 0. The topological polar surface area (TPSA) is 71.5 Å². The van der Waals surface area contributed by atoms with Crippen molar-refractivity contribution >= 4 is 17.7 Å². The second-order valence-electron chi connectivity index (χ2n) is 4.80. The Kier molecular flexibility index (Phi) is 4.21. The molecular formula is C12H14F3N4O2-. The summed E-state index contributed by atoms with van der Waals surface area (Å²) in [5.41, 5.74) is -0.949. The predicted molar refractivity (Wildman–Crippen MR) is 68.0 cm³/mol. The quantitative estimate of drug-likeness (QED) is 0.866. The molecule has 1 N–H and O–H groups in total. The van der Waals surface area contributed by atoms with E-state index in [2.05, 4.69) is 4.98 Å². The Morgan fingerprint density at radius 1 is 1.29 bits per heavy atom. The van der Waals surface area contributed by atoms with E-state index in [1.165, 1.54) is 0 Å². The van der Waals surface area contributed by atoms with Gasteiger partial charge in [-0.3, -0.25) is 0 Å². The van der Waals surface area contributed by atoms with Gasteiger partial charge in [0.05, 0.1) is 5.56 Å². The lowest BCUT2D eigenvalue weighted by Gasteiger charge is -2.33. The lowest BCUT2D eigenvalue weighted by atomic mass is 10.2. The highest BCUT2D eigenvalue weighted by Crippen LogP contribution is 2.33. The lowest BCUT2D eigenvalue weighted by Crippen LogP contribution is -2.45. The number of anilines is 2. The van der Waals surface area contributed by atoms with E-state index in [4.69, 9.17) is 0 Å². The minimum Gasteiger partial charge on any atom is -0.530 e. The Labute approximate surface area is 119 Å². The molecule has 9 heteroatoms. The van der Waals surface area contributed by atoms with Crippen molar-refractivity contribution in [1.29, 1.82) is 0 Å². The Morgan fingerprint density at radius 2 is 1.90 bits per heavy atom. The number of aromatic nitrogens is 1. The lowest BCUT2D eigenvalue weighted by molar-refractivity contribution is -0.242. The van der Waals surface area contributed by atoms with Crippen LogP contribution >= 0.6 is 0 Å².